The Morgan fingerprint density at radius 3 is 3.10 bits per heavy atom. The second kappa shape index (κ2) is 6.62. The van der Waals surface area contributed by atoms with Crippen LogP contribution in [0.3, 0.4) is 0 Å². The van der Waals surface area contributed by atoms with E-state index in [4.69, 9.17) is 9.15 Å². The van der Waals surface area contributed by atoms with Gasteiger partial charge in [0.15, 0.2) is 0 Å². The lowest BCUT2D eigenvalue weighted by Gasteiger charge is -2.32. The van der Waals surface area contributed by atoms with E-state index in [9.17, 15) is 4.79 Å². The van der Waals surface area contributed by atoms with Crippen LogP contribution in [0.5, 0.6) is 0 Å². The standard InChI is InChI=1S/C16H24N2O3/c1-2-18-8-13-11-20-10-12(15(13)9-18)6-16(19)17-7-14-4-3-5-21-14/h3-5,12-13,15H,2,6-11H2,1H3,(H,17,19)/t12-,13-,15+/m1/s1. The van der Waals surface area contributed by atoms with Crippen molar-refractivity contribution in [3.05, 3.63) is 24.2 Å². The first kappa shape index (κ1) is 14.6. The third kappa shape index (κ3) is 3.47. The van der Waals surface area contributed by atoms with Crippen molar-refractivity contribution in [2.24, 2.45) is 17.8 Å². The highest BCUT2D eigenvalue weighted by molar-refractivity contribution is 5.76. The zero-order valence-electron chi connectivity index (χ0n) is 12.6. The molecule has 2 saturated heterocycles. The van der Waals surface area contributed by atoms with Crippen molar-refractivity contribution < 1.29 is 13.9 Å². The van der Waals surface area contributed by atoms with E-state index in [1.165, 1.54) is 0 Å². The number of fused-ring (bicyclic) bond motifs is 1. The van der Waals surface area contributed by atoms with Crippen LogP contribution in [0.4, 0.5) is 0 Å². The van der Waals surface area contributed by atoms with Gasteiger partial charge in [0.1, 0.15) is 5.76 Å². The molecular formula is C16H24N2O3. The van der Waals surface area contributed by atoms with Crippen molar-refractivity contribution in [2.45, 2.75) is 19.9 Å². The molecule has 2 aliphatic rings. The maximum absolute atomic E-state index is 12.1. The number of likely N-dealkylation sites (tertiary alicyclic amines) is 1. The first-order valence-electron chi connectivity index (χ1n) is 7.85. The van der Waals surface area contributed by atoms with Gasteiger partial charge < -0.3 is 19.4 Å². The molecule has 0 aromatic carbocycles. The lowest BCUT2D eigenvalue weighted by molar-refractivity contribution is -0.124. The van der Waals surface area contributed by atoms with Gasteiger partial charge in [-0.15, -0.1) is 0 Å². The van der Waals surface area contributed by atoms with E-state index < -0.39 is 0 Å². The molecule has 1 amide bonds. The van der Waals surface area contributed by atoms with Crippen molar-refractivity contribution in [1.82, 2.24) is 10.2 Å². The summed E-state index contributed by atoms with van der Waals surface area (Å²) in [6.07, 6.45) is 2.18. The smallest absolute Gasteiger partial charge is 0.220 e. The van der Waals surface area contributed by atoms with Gasteiger partial charge in [0.2, 0.25) is 5.91 Å². The van der Waals surface area contributed by atoms with Crippen molar-refractivity contribution in [3.63, 3.8) is 0 Å². The number of carbonyl (C=O) groups is 1. The van der Waals surface area contributed by atoms with Gasteiger partial charge in [-0.2, -0.15) is 0 Å². The molecule has 21 heavy (non-hydrogen) atoms. The summed E-state index contributed by atoms with van der Waals surface area (Å²) >= 11 is 0. The zero-order chi connectivity index (χ0) is 14.7. The third-order valence-electron chi connectivity index (χ3n) is 4.77. The first-order valence-corrected chi connectivity index (χ1v) is 7.85. The molecular weight excluding hydrogens is 268 g/mol. The average Bonchev–Trinajstić information content (AvgIpc) is 3.14. The summed E-state index contributed by atoms with van der Waals surface area (Å²) in [6.45, 7) is 7.55. The Bertz CT molecular complexity index is 460. The zero-order valence-corrected chi connectivity index (χ0v) is 12.6. The minimum atomic E-state index is 0.0931. The fraction of sp³-hybridized carbons (Fsp3) is 0.688. The van der Waals surface area contributed by atoms with Crippen LogP contribution in [0, 0.1) is 17.8 Å². The molecule has 2 aliphatic heterocycles. The van der Waals surface area contributed by atoms with Crippen LogP contribution < -0.4 is 5.32 Å². The molecule has 116 valence electrons. The van der Waals surface area contributed by atoms with E-state index in [1.54, 1.807) is 6.26 Å². The molecule has 0 aliphatic carbocycles. The minimum Gasteiger partial charge on any atom is -0.467 e. The molecule has 0 radical (unpaired) electrons. The van der Waals surface area contributed by atoms with E-state index in [0.717, 1.165) is 32.0 Å². The highest BCUT2D eigenvalue weighted by Crippen LogP contribution is 2.35. The van der Waals surface area contributed by atoms with Crippen molar-refractivity contribution in [2.75, 3.05) is 32.8 Å². The van der Waals surface area contributed by atoms with Crippen LogP contribution in [0.25, 0.3) is 0 Å². The number of amides is 1. The monoisotopic (exact) mass is 292 g/mol. The van der Waals surface area contributed by atoms with Gasteiger partial charge in [0, 0.05) is 19.5 Å². The van der Waals surface area contributed by atoms with Crippen molar-refractivity contribution in [3.8, 4) is 0 Å². The highest BCUT2D eigenvalue weighted by atomic mass is 16.5. The molecule has 1 aromatic rings. The van der Waals surface area contributed by atoms with E-state index in [-0.39, 0.29) is 5.91 Å². The minimum absolute atomic E-state index is 0.0931. The van der Waals surface area contributed by atoms with Crippen LogP contribution in [0.2, 0.25) is 0 Å². The number of ether oxygens (including phenoxy) is 1. The number of hydrogen-bond donors (Lipinski definition) is 1. The van der Waals surface area contributed by atoms with Gasteiger partial charge in [-0.25, -0.2) is 0 Å². The van der Waals surface area contributed by atoms with Crippen LogP contribution in [0.15, 0.2) is 22.8 Å². The van der Waals surface area contributed by atoms with Gasteiger partial charge in [-0.1, -0.05) is 6.92 Å². The second-order valence-corrected chi connectivity index (χ2v) is 6.13. The van der Waals surface area contributed by atoms with E-state index in [2.05, 4.69) is 17.1 Å². The van der Waals surface area contributed by atoms with Gasteiger partial charge in [-0.05, 0) is 36.4 Å². The number of nitrogens with zero attached hydrogens (tertiary/aromatic N) is 1. The molecule has 1 aromatic heterocycles. The summed E-state index contributed by atoms with van der Waals surface area (Å²) in [5, 5.41) is 2.94. The molecule has 0 bridgehead atoms. The Kier molecular flexibility index (Phi) is 4.60. The summed E-state index contributed by atoms with van der Waals surface area (Å²) in [4.78, 5) is 14.6. The van der Waals surface area contributed by atoms with Crippen molar-refractivity contribution >= 4 is 5.91 Å². The number of hydrogen-bond acceptors (Lipinski definition) is 4. The van der Waals surface area contributed by atoms with Crippen LogP contribution in [-0.4, -0.2) is 43.7 Å². The number of furan rings is 1. The predicted octanol–water partition coefficient (Wildman–Crippen LogP) is 1.50. The molecule has 0 unspecified atom stereocenters. The summed E-state index contributed by atoms with van der Waals surface area (Å²) in [7, 11) is 0. The Morgan fingerprint density at radius 2 is 2.33 bits per heavy atom. The van der Waals surface area contributed by atoms with Crippen LogP contribution in [0.1, 0.15) is 19.1 Å². The van der Waals surface area contributed by atoms with Gasteiger partial charge in [0.25, 0.3) is 0 Å². The Hall–Kier alpha value is -1.33. The molecule has 1 N–H and O–H groups in total. The van der Waals surface area contributed by atoms with Gasteiger partial charge in [0.05, 0.1) is 26.0 Å². The van der Waals surface area contributed by atoms with Crippen LogP contribution in [-0.2, 0) is 16.1 Å². The first-order chi connectivity index (χ1) is 10.3. The van der Waals surface area contributed by atoms with Gasteiger partial charge in [-0.3, -0.25) is 4.79 Å². The molecule has 0 saturated carbocycles. The fourth-order valence-corrected chi connectivity index (χ4v) is 3.57. The number of rotatable bonds is 5. The van der Waals surface area contributed by atoms with Crippen LogP contribution >= 0.6 is 0 Å². The Balaban J connectivity index is 1.50. The maximum atomic E-state index is 12.1. The lowest BCUT2D eigenvalue weighted by Crippen LogP contribution is -2.38. The van der Waals surface area contributed by atoms with E-state index >= 15 is 0 Å². The maximum Gasteiger partial charge on any atom is 0.220 e. The molecule has 3 atom stereocenters. The molecule has 2 fully saturated rings. The predicted molar refractivity (Wildman–Crippen MR) is 78.6 cm³/mol. The SMILES string of the molecule is CCN1C[C@@H]2COC[C@@H](CC(=O)NCc3ccco3)[C@@H]2C1. The molecule has 0 spiro atoms. The van der Waals surface area contributed by atoms with Gasteiger partial charge >= 0.3 is 0 Å². The quantitative estimate of drug-likeness (QED) is 0.893. The Labute approximate surface area is 125 Å². The topological polar surface area (TPSA) is 54.7 Å². The fourth-order valence-electron chi connectivity index (χ4n) is 3.57. The van der Waals surface area contributed by atoms with E-state index in [0.29, 0.717) is 37.3 Å². The second-order valence-electron chi connectivity index (χ2n) is 6.13. The van der Waals surface area contributed by atoms with E-state index in [1.807, 2.05) is 12.1 Å². The molecule has 5 heteroatoms. The largest absolute Gasteiger partial charge is 0.467 e. The summed E-state index contributed by atoms with van der Waals surface area (Å²) in [6, 6.07) is 3.70. The lowest BCUT2D eigenvalue weighted by atomic mass is 9.81. The molecule has 3 rings (SSSR count). The average molecular weight is 292 g/mol. The van der Waals surface area contributed by atoms with Crippen molar-refractivity contribution in [1.29, 1.82) is 0 Å². The normalized spacial score (nSPS) is 29.3. The summed E-state index contributed by atoms with van der Waals surface area (Å²) in [5.41, 5.74) is 0. The number of carbonyl (C=O) groups excluding carboxylic acids is 1. The Morgan fingerprint density at radius 1 is 1.43 bits per heavy atom. The molecule has 3 heterocycles. The molecule has 5 nitrogen and oxygen atoms in total. The number of nitrogens with one attached hydrogen (secondary N) is 1. The summed E-state index contributed by atoms with van der Waals surface area (Å²) in [5.74, 6) is 2.43. The third-order valence-corrected chi connectivity index (χ3v) is 4.77. The highest BCUT2D eigenvalue weighted by Gasteiger charge is 2.40. The summed E-state index contributed by atoms with van der Waals surface area (Å²) < 4.78 is 10.9.